The zero-order valence-corrected chi connectivity index (χ0v) is 16.7. The predicted octanol–water partition coefficient (Wildman–Crippen LogP) is 5.34. The number of nitrogens with zero attached hydrogens (tertiary/aromatic N) is 2. The van der Waals surface area contributed by atoms with Crippen molar-refractivity contribution in [2.45, 2.75) is 51.2 Å². The van der Waals surface area contributed by atoms with Gasteiger partial charge in [0, 0.05) is 5.54 Å². The van der Waals surface area contributed by atoms with Gasteiger partial charge in [0.05, 0.1) is 11.6 Å². The van der Waals surface area contributed by atoms with Crippen molar-refractivity contribution >= 4 is 6.08 Å². The number of rotatable bonds is 5. The maximum absolute atomic E-state index is 9.04. The summed E-state index contributed by atoms with van der Waals surface area (Å²) >= 11 is 0. The molecule has 0 radical (unpaired) electrons. The fraction of sp³-hybridized carbons (Fsp3) is 0.400. The van der Waals surface area contributed by atoms with Crippen LogP contribution in [-0.2, 0) is 13.0 Å². The van der Waals surface area contributed by atoms with Crippen molar-refractivity contribution in [3.8, 4) is 11.8 Å². The normalized spacial score (nSPS) is 21.3. The van der Waals surface area contributed by atoms with E-state index in [0.717, 1.165) is 17.7 Å². The van der Waals surface area contributed by atoms with Crippen molar-refractivity contribution < 1.29 is 4.74 Å². The third-order valence-corrected chi connectivity index (χ3v) is 6.06. The number of hydrogen-bond acceptors (Lipinski definition) is 3. The second kappa shape index (κ2) is 8.20. The molecule has 0 saturated carbocycles. The quantitative estimate of drug-likeness (QED) is 0.711. The lowest BCUT2D eigenvalue weighted by atomic mass is 9.76. The maximum Gasteiger partial charge on any atom is 0.120 e. The van der Waals surface area contributed by atoms with E-state index >= 15 is 0 Å². The topological polar surface area (TPSA) is 36.3 Å². The third kappa shape index (κ3) is 3.84. The molecule has 4 rings (SSSR count). The average molecular weight is 373 g/mol. The molecule has 3 heteroatoms. The summed E-state index contributed by atoms with van der Waals surface area (Å²) in [6.07, 6.45) is 11.0. The van der Waals surface area contributed by atoms with E-state index in [-0.39, 0.29) is 5.54 Å². The molecule has 1 atom stereocenters. The Morgan fingerprint density at radius 3 is 2.96 bits per heavy atom. The number of piperidine rings is 1. The van der Waals surface area contributed by atoms with Crippen LogP contribution in [0, 0.1) is 11.3 Å². The van der Waals surface area contributed by atoms with E-state index in [0.29, 0.717) is 12.2 Å². The minimum Gasteiger partial charge on any atom is -0.489 e. The highest BCUT2D eigenvalue weighted by Gasteiger charge is 2.38. The second-order valence-corrected chi connectivity index (χ2v) is 8.02. The van der Waals surface area contributed by atoms with E-state index < -0.39 is 0 Å². The van der Waals surface area contributed by atoms with Gasteiger partial charge >= 0.3 is 0 Å². The highest BCUT2D eigenvalue weighted by Crippen LogP contribution is 2.38. The minimum atomic E-state index is 0.210. The van der Waals surface area contributed by atoms with E-state index in [2.05, 4.69) is 48.2 Å². The van der Waals surface area contributed by atoms with Gasteiger partial charge in [-0.15, -0.1) is 0 Å². The molecular weight excluding hydrogens is 344 g/mol. The molecule has 1 aliphatic heterocycles. The van der Waals surface area contributed by atoms with Crippen molar-refractivity contribution in [2.75, 3.05) is 13.1 Å². The average Bonchev–Trinajstić information content (AvgIpc) is 2.74. The van der Waals surface area contributed by atoms with Gasteiger partial charge in [0.15, 0.2) is 0 Å². The first-order valence-corrected chi connectivity index (χ1v) is 10.4. The van der Waals surface area contributed by atoms with E-state index in [1.54, 1.807) is 0 Å². The van der Waals surface area contributed by atoms with Gasteiger partial charge in [0.25, 0.3) is 0 Å². The van der Waals surface area contributed by atoms with Crippen LogP contribution in [0.1, 0.15) is 54.9 Å². The molecule has 0 aromatic heterocycles. The summed E-state index contributed by atoms with van der Waals surface area (Å²) in [5, 5.41) is 9.04. The number of fused-ring (bicyclic) bond motifs is 1. The van der Waals surface area contributed by atoms with E-state index in [1.165, 1.54) is 49.9 Å². The van der Waals surface area contributed by atoms with Crippen molar-refractivity contribution in [2.24, 2.45) is 0 Å². The highest BCUT2D eigenvalue weighted by atomic mass is 16.5. The highest BCUT2D eigenvalue weighted by molar-refractivity contribution is 5.61. The summed E-state index contributed by atoms with van der Waals surface area (Å²) in [5.41, 5.74) is 4.59. The molecule has 0 amide bonds. The molecule has 2 aliphatic rings. The van der Waals surface area contributed by atoms with Crippen molar-refractivity contribution in [3.05, 3.63) is 70.8 Å². The van der Waals surface area contributed by atoms with Crippen molar-refractivity contribution in [3.63, 3.8) is 0 Å². The molecule has 1 saturated heterocycles. The molecule has 144 valence electrons. The summed E-state index contributed by atoms with van der Waals surface area (Å²) in [7, 11) is 0. The first-order valence-electron chi connectivity index (χ1n) is 10.4. The SMILES string of the molecule is CCCN1CCCCC12C=Cc1cc(OCc3cccc(C#N)c3)ccc1C2. The van der Waals surface area contributed by atoms with Gasteiger partial charge in [-0.2, -0.15) is 5.26 Å². The lowest BCUT2D eigenvalue weighted by molar-refractivity contribution is 0.0853. The number of benzene rings is 2. The Balaban J connectivity index is 1.48. The lowest BCUT2D eigenvalue weighted by Crippen LogP contribution is -2.53. The fourth-order valence-corrected chi connectivity index (χ4v) is 4.62. The summed E-state index contributed by atoms with van der Waals surface area (Å²) in [5.74, 6) is 0.885. The molecule has 28 heavy (non-hydrogen) atoms. The molecule has 1 heterocycles. The molecule has 2 aromatic carbocycles. The van der Waals surface area contributed by atoms with E-state index in [1.807, 2.05) is 24.3 Å². The lowest BCUT2D eigenvalue weighted by Gasteiger charge is -2.47. The van der Waals surface area contributed by atoms with Gasteiger partial charge in [-0.1, -0.05) is 43.7 Å². The maximum atomic E-state index is 9.04. The third-order valence-electron chi connectivity index (χ3n) is 6.06. The van der Waals surface area contributed by atoms with Crippen LogP contribution in [0.5, 0.6) is 5.75 Å². The zero-order chi connectivity index (χ0) is 19.4. The minimum absolute atomic E-state index is 0.210. The number of likely N-dealkylation sites (tertiary alicyclic amines) is 1. The van der Waals surface area contributed by atoms with E-state index in [9.17, 15) is 0 Å². The monoisotopic (exact) mass is 372 g/mol. The van der Waals surface area contributed by atoms with Crippen LogP contribution in [0.2, 0.25) is 0 Å². The van der Waals surface area contributed by atoms with Crippen LogP contribution in [0.25, 0.3) is 6.08 Å². The van der Waals surface area contributed by atoms with Crippen LogP contribution in [0.4, 0.5) is 0 Å². The molecule has 0 bridgehead atoms. The Morgan fingerprint density at radius 1 is 1.18 bits per heavy atom. The largest absolute Gasteiger partial charge is 0.489 e. The van der Waals surface area contributed by atoms with Gasteiger partial charge in [-0.05, 0) is 79.7 Å². The Hall–Kier alpha value is -2.57. The number of hydrogen-bond donors (Lipinski definition) is 0. The predicted molar refractivity (Wildman–Crippen MR) is 113 cm³/mol. The zero-order valence-electron chi connectivity index (χ0n) is 16.7. The first kappa shape index (κ1) is 18.8. The van der Waals surface area contributed by atoms with Gasteiger partial charge < -0.3 is 4.74 Å². The number of nitriles is 1. The fourth-order valence-electron chi connectivity index (χ4n) is 4.62. The molecule has 1 unspecified atom stereocenters. The van der Waals surface area contributed by atoms with Crippen LogP contribution in [0.15, 0.2) is 48.5 Å². The molecule has 3 nitrogen and oxygen atoms in total. The van der Waals surface area contributed by atoms with Gasteiger partial charge in [-0.3, -0.25) is 4.90 Å². The van der Waals surface area contributed by atoms with Crippen molar-refractivity contribution in [1.29, 1.82) is 5.26 Å². The molecule has 1 fully saturated rings. The molecule has 0 N–H and O–H groups in total. The Morgan fingerprint density at radius 2 is 2.11 bits per heavy atom. The smallest absolute Gasteiger partial charge is 0.120 e. The van der Waals surface area contributed by atoms with Crippen molar-refractivity contribution in [1.82, 2.24) is 4.90 Å². The number of ether oxygens (including phenoxy) is 1. The van der Waals surface area contributed by atoms with Crippen LogP contribution in [0.3, 0.4) is 0 Å². The summed E-state index contributed by atoms with van der Waals surface area (Å²) < 4.78 is 6.00. The van der Waals surface area contributed by atoms with Crippen LogP contribution < -0.4 is 4.74 Å². The summed E-state index contributed by atoms with van der Waals surface area (Å²) in [6.45, 7) is 5.16. The molecule has 1 spiro atoms. The standard InChI is InChI=1S/C25H28N2O/c1-2-13-27-14-4-3-11-25(27)12-10-22-16-24(9-8-23(22)17-25)28-19-21-7-5-6-20(15-21)18-26/h5-10,12,15-16H,2-4,11,13-14,17,19H2,1H3. The van der Waals surface area contributed by atoms with Crippen LogP contribution in [-0.4, -0.2) is 23.5 Å². The molecule has 2 aromatic rings. The second-order valence-electron chi connectivity index (χ2n) is 8.02. The summed E-state index contributed by atoms with van der Waals surface area (Å²) in [6, 6.07) is 16.3. The van der Waals surface area contributed by atoms with Gasteiger partial charge in [-0.25, -0.2) is 0 Å². The Labute approximate surface area is 168 Å². The Kier molecular flexibility index (Phi) is 5.50. The van der Waals surface area contributed by atoms with Gasteiger partial charge in [0.2, 0.25) is 0 Å². The van der Waals surface area contributed by atoms with Crippen LogP contribution >= 0.6 is 0 Å². The van der Waals surface area contributed by atoms with E-state index in [4.69, 9.17) is 10.00 Å². The molecule has 1 aliphatic carbocycles. The van der Waals surface area contributed by atoms with Gasteiger partial charge in [0.1, 0.15) is 12.4 Å². The first-order chi connectivity index (χ1) is 13.7. The summed E-state index contributed by atoms with van der Waals surface area (Å²) in [4.78, 5) is 2.70. The Bertz CT molecular complexity index is 909. The molecular formula is C25H28N2O.